The fraction of sp³-hybridized carbons (Fsp3) is 0.417. The smallest absolute Gasteiger partial charge is 0.123 e. The van der Waals surface area contributed by atoms with Crippen molar-refractivity contribution in [3.05, 3.63) is 29.3 Å². The molecule has 0 aliphatic carbocycles. The molecule has 3 heteroatoms. The molecule has 15 heavy (non-hydrogen) atoms. The maximum Gasteiger partial charge on any atom is 0.123 e. The van der Waals surface area contributed by atoms with Gasteiger partial charge in [-0.05, 0) is 44.5 Å². The number of benzene rings is 1. The van der Waals surface area contributed by atoms with Crippen LogP contribution < -0.4 is 10.6 Å². The Hall–Kier alpha value is -1.51. The summed E-state index contributed by atoms with van der Waals surface area (Å²) in [7, 11) is 2.06. The van der Waals surface area contributed by atoms with E-state index in [1.165, 1.54) is 0 Å². The first-order valence-corrected chi connectivity index (χ1v) is 5.11. The first-order chi connectivity index (χ1) is 6.93. The molecule has 82 valence electrons. The molecule has 0 atom stereocenters. The SMILES string of the molecule is Cc1cc(N(C)C(C)C)ccc1C(=N)N. The molecule has 1 aromatic rings. The summed E-state index contributed by atoms with van der Waals surface area (Å²) in [6.45, 7) is 6.27. The molecule has 3 nitrogen and oxygen atoms in total. The molecule has 0 fully saturated rings. The van der Waals surface area contributed by atoms with Crippen LogP contribution in [0.15, 0.2) is 18.2 Å². The van der Waals surface area contributed by atoms with Crippen molar-refractivity contribution >= 4 is 11.5 Å². The fourth-order valence-electron chi connectivity index (χ4n) is 1.47. The average molecular weight is 205 g/mol. The number of rotatable bonds is 3. The molecular formula is C12H19N3. The largest absolute Gasteiger partial charge is 0.384 e. The van der Waals surface area contributed by atoms with Crippen molar-refractivity contribution in [3.8, 4) is 0 Å². The highest BCUT2D eigenvalue weighted by molar-refractivity contribution is 5.96. The summed E-state index contributed by atoms with van der Waals surface area (Å²) in [5, 5.41) is 7.40. The third-order valence-corrected chi connectivity index (χ3v) is 2.68. The van der Waals surface area contributed by atoms with E-state index in [2.05, 4.69) is 31.9 Å². The van der Waals surface area contributed by atoms with Crippen LogP contribution in [0.3, 0.4) is 0 Å². The minimum Gasteiger partial charge on any atom is -0.384 e. The highest BCUT2D eigenvalue weighted by Gasteiger charge is 2.07. The predicted molar refractivity (Wildman–Crippen MR) is 65.7 cm³/mol. The number of nitrogens with one attached hydrogen (secondary N) is 1. The Labute approximate surface area is 91.4 Å². The van der Waals surface area contributed by atoms with Crippen LogP contribution in [-0.2, 0) is 0 Å². The summed E-state index contributed by atoms with van der Waals surface area (Å²) < 4.78 is 0. The van der Waals surface area contributed by atoms with E-state index in [9.17, 15) is 0 Å². The molecule has 0 heterocycles. The Morgan fingerprint density at radius 3 is 2.40 bits per heavy atom. The van der Waals surface area contributed by atoms with Gasteiger partial charge in [-0.25, -0.2) is 0 Å². The topological polar surface area (TPSA) is 53.1 Å². The summed E-state index contributed by atoms with van der Waals surface area (Å²) in [4.78, 5) is 2.19. The molecule has 3 N–H and O–H groups in total. The molecule has 0 aliphatic heterocycles. The van der Waals surface area contributed by atoms with Crippen LogP contribution in [0.5, 0.6) is 0 Å². The Morgan fingerprint density at radius 1 is 1.40 bits per heavy atom. The molecule has 0 aliphatic rings. The second-order valence-electron chi connectivity index (χ2n) is 4.12. The summed E-state index contributed by atoms with van der Waals surface area (Å²) in [6, 6.07) is 6.44. The van der Waals surface area contributed by atoms with Gasteiger partial charge in [0.15, 0.2) is 0 Å². The summed E-state index contributed by atoms with van der Waals surface area (Å²) in [5.41, 5.74) is 8.49. The zero-order chi connectivity index (χ0) is 11.6. The minimum atomic E-state index is 0.131. The Morgan fingerprint density at radius 2 is 2.00 bits per heavy atom. The normalized spacial score (nSPS) is 10.5. The summed E-state index contributed by atoms with van der Waals surface area (Å²) >= 11 is 0. The highest BCUT2D eigenvalue weighted by Crippen LogP contribution is 2.19. The van der Waals surface area contributed by atoms with Gasteiger partial charge in [0.2, 0.25) is 0 Å². The van der Waals surface area contributed by atoms with Gasteiger partial charge in [0.25, 0.3) is 0 Å². The molecule has 1 rings (SSSR count). The first-order valence-electron chi connectivity index (χ1n) is 5.11. The number of nitrogens with zero attached hydrogens (tertiary/aromatic N) is 1. The standard InChI is InChI=1S/C12H19N3/c1-8(2)15(4)10-5-6-11(12(13)14)9(3)7-10/h5-8H,1-4H3,(H3,13,14). The minimum absolute atomic E-state index is 0.131. The molecule has 0 amide bonds. The van der Waals surface area contributed by atoms with Crippen molar-refractivity contribution in [1.82, 2.24) is 0 Å². The molecule has 0 saturated carbocycles. The Bertz CT molecular complexity index is 369. The lowest BCUT2D eigenvalue weighted by Crippen LogP contribution is -2.25. The first kappa shape index (κ1) is 11.6. The van der Waals surface area contributed by atoms with Crippen molar-refractivity contribution < 1.29 is 0 Å². The zero-order valence-electron chi connectivity index (χ0n) is 9.83. The maximum absolute atomic E-state index is 7.40. The number of hydrogen-bond acceptors (Lipinski definition) is 2. The molecular weight excluding hydrogens is 186 g/mol. The van der Waals surface area contributed by atoms with Gasteiger partial charge >= 0.3 is 0 Å². The molecule has 1 aromatic carbocycles. The Balaban J connectivity index is 3.06. The second-order valence-corrected chi connectivity index (χ2v) is 4.12. The molecule has 0 saturated heterocycles. The Kier molecular flexibility index (Phi) is 3.35. The van der Waals surface area contributed by atoms with Gasteiger partial charge in [0.05, 0.1) is 0 Å². The molecule has 0 spiro atoms. The lowest BCUT2D eigenvalue weighted by Gasteiger charge is -2.24. The maximum atomic E-state index is 7.40. The van der Waals surface area contributed by atoms with Gasteiger partial charge in [0.1, 0.15) is 5.84 Å². The van der Waals surface area contributed by atoms with Crippen molar-refractivity contribution in [2.75, 3.05) is 11.9 Å². The third-order valence-electron chi connectivity index (χ3n) is 2.68. The fourth-order valence-corrected chi connectivity index (χ4v) is 1.47. The van der Waals surface area contributed by atoms with Crippen LogP contribution in [0.25, 0.3) is 0 Å². The number of anilines is 1. The van der Waals surface area contributed by atoms with E-state index < -0.39 is 0 Å². The van der Waals surface area contributed by atoms with Crippen LogP contribution in [0.4, 0.5) is 5.69 Å². The number of amidine groups is 1. The van der Waals surface area contributed by atoms with E-state index in [1.807, 2.05) is 19.1 Å². The van der Waals surface area contributed by atoms with E-state index in [0.717, 1.165) is 16.8 Å². The monoisotopic (exact) mass is 205 g/mol. The summed E-state index contributed by atoms with van der Waals surface area (Å²) in [6.07, 6.45) is 0. The van der Waals surface area contributed by atoms with Gasteiger partial charge in [-0.2, -0.15) is 0 Å². The predicted octanol–water partition coefficient (Wildman–Crippen LogP) is 2.12. The molecule has 0 aromatic heterocycles. The van der Waals surface area contributed by atoms with Crippen molar-refractivity contribution in [1.29, 1.82) is 5.41 Å². The second kappa shape index (κ2) is 4.34. The number of hydrogen-bond donors (Lipinski definition) is 2. The molecule has 0 unspecified atom stereocenters. The third kappa shape index (κ3) is 2.49. The van der Waals surface area contributed by atoms with Crippen LogP contribution in [0, 0.1) is 12.3 Å². The quantitative estimate of drug-likeness (QED) is 0.586. The number of aryl methyl sites for hydroxylation is 1. The van der Waals surface area contributed by atoms with E-state index in [-0.39, 0.29) is 5.84 Å². The van der Waals surface area contributed by atoms with Crippen molar-refractivity contribution in [2.45, 2.75) is 26.8 Å². The highest BCUT2D eigenvalue weighted by atomic mass is 15.1. The van der Waals surface area contributed by atoms with Gasteiger partial charge in [0, 0.05) is 24.3 Å². The van der Waals surface area contributed by atoms with Crippen LogP contribution in [-0.4, -0.2) is 18.9 Å². The van der Waals surface area contributed by atoms with E-state index in [0.29, 0.717) is 6.04 Å². The van der Waals surface area contributed by atoms with E-state index in [1.54, 1.807) is 0 Å². The van der Waals surface area contributed by atoms with Crippen molar-refractivity contribution in [3.63, 3.8) is 0 Å². The van der Waals surface area contributed by atoms with E-state index >= 15 is 0 Å². The molecule has 0 bridgehead atoms. The lowest BCUT2D eigenvalue weighted by molar-refractivity contribution is 0.754. The lowest BCUT2D eigenvalue weighted by atomic mass is 10.1. The van der Waals surface area contributed by atoms with Gasteiger partial charge in [-0.3, -0.25) is 5.41 Å². The van der Waals surface area contributed by atoms with Crippen LogP contribution >= 0.6 is 0 Å². The van der Waals surface area contributed by atoms with Gasteiger partial charge in [-0.1, -0.05) is 0 Å². The zero-order valence-corrected chi connectivity index (χ0v) is 9.83. The van der Waals surface area contributed by atoms with Crippen LogP contribution in [0.2, 0.25) is 0 Å². The number of nitrogen functional groups attached to an aromatic ring is 1. The van der Waals surface area contributed by atoms with E-state index in [4.69, 9.17) is 11.1 Å². The number of nitrogens with two attached hydrogens (primary N) is 1. The average Bonchev–Trinajstić information content (AvgIpc) is 2.15. The van der Waals surface area contributed by atoms with Gasteiger partial charge in [-0.15, -0.1) is 0 Å². The van der Waals surface area contributed by atoms with Crippen LogP contribution in [0.1, 0.15) is 25.0 Å². The molecule has 0 radical (unpaired) electrons. The van der Waals surface area contributed by atoms with Crippen molar-refractivity contribution in [2.24, 2.45) is 5.73 Å². The van der Waals surface area contributed by atoms with Gasteiger partial charge < -0.3 is 10.6 Å². The summed E-state index contributed by atoms with van der Waals surface area (Å²) in [5.74, 6) is 0.131.